The molecule has 1 saturated heterocycles. The summed E-state index contributed by atoms with van der Waals surface area (Å²) in [5.41, 5.74) is 5.93. The molecule has 3 aliphatic rings. The maximum atomic E-state index is 12.5. The standard InChI is InChI=1S/C19H34N4O2/c1-14-3-2-4-17(11-14)21-18(24)13-22-7-9-23(10-8-22)19(25)15-5-6-16(20)12-15/h14-17H,2-13,20H2,1H3,(H,21,24). The summed E-state index contributed by atoms with van der Waals surface area (Å²) in [7, 11) is 0. The minimum atomic E-state index is 0.123. The van der Waals surface area contributed by atoms with Crippen LogP contribution in [0.4, 0.5) is 0 Å². The van der Waals surface area contributed by atoms with Gasteiger partial charge in [0.05, 0.1) is 6.54 Å². The Balaban J connectivity index is 1.37. The number of hydrogen-bond acceptors (Lipinski definition) is 4. The first-order valence-corrected chi connectivity index (χ1v) is 10.1. The number of amides is 2. The Morgan fingerprint density at radius 2 is 1.80 bits per heavy atom. The Hall–Kier alpha value is -1.14. The molecular formula is C19H34N4O2. The molecule has 2 aliphatic carbocycles. The van der Waals surface area contributed by atoms with E-state index in [9.17, 15) is 9.59 Å². The van der Waals surface area contributed by atoms with E-state index in [1.165, 1.54) is 12.8 Å². The van der Waals surface area contributed by atoms with Gasteiger partial charge in [-0.1, -0.05) is 19.8 Å². The van der Waals surface area contributed by atoms with Crippen molar-refractivity contribution < 1.29 is 9.59 Å². The normalized spacial score (nSPS) is 34.1. The molecule has 3 fully saturated rings. The van der Waals surface area contributed by atoms with Gasteiger partial charge in [0, 0.05) is 44.2 Å². The molecule has 25 heavy (non-hydrogen) atoms. The third-order valence-corrected chi connectivity index (χ3v) is 6.18. The molecule has 0 spiro atoms. The summed E-state index contributed by atoms with van der Waals surface area (Å²) in [4.78, 5) is 29.0. The highest BCUT2D eigenvalue weighted by molar-refractivity contribution is 5.80. The van der Waals surface area contributed by atoms with Gasteiger partial charge in [-0.05, 0) is 38.0 Å². The van der Waals surface area contributed by atoms with Crippen molar-refractivity contribution in [2.45, 2.75) is 64.0 Å². The highest BCUT2D eigenvalue weighted by Crippen LogP contribution is 2.26. The minimum Gasteiger partial charge on any atom is -0.352 e. The number of nitrogens with zero attached hydrogens (tertiary/aromatic N) is 2. The summed E-state index contributed by atoms with van der Waals surface area (Å²) in [6, 6.07) is 0.548. The molecule has 3 rings (SSSR count). The van der Waals surface area contributed by atoms with Crippen LogP contribution in [-0.4, -0.2) is 66.4 Å². The first-order valence-electron chi connectivity index (χ1n) is 10.1. The molecule has 3 N–H and O–H groups in total. The average molecular weight is 351 g/mol. The van der Waals surface area contributed by atoms with Crippen LogP contribution in [0.5, 0.6) is 0 Å². The van der Waals surface area contributed by atoms with Crippen molar-refractivity contribution in [3.05, 3.63) is 0 Å². The van der Waals surface area contributed by atoms with Gasteiger partial charge in [0.2, 0.25) is 11.8 Å². The summed E-state index contributed by atoms with van der Waals surface area (Å²) < 4.78 is 0. The Kier molecular flexibility index (Phi) is 6.34. The summed E-state index contributed by atoms with van der Waals surface area (Å²) in [6.45, 7) is 5.78. The molecule has 4 atom stereocenters. The van der Waals surface area contributed by atoms with Crippen LogP contribution in [0.1, 0.15) is 51.9 Å². The van der Waals surface area contributed by atoms with Crippen LogP contribution in [0.2, 0.25) is 0 Å². The first kappa shape index (κ1) is 18.6. The molecule has 6 nitrogen and oxygen atoms in total. The van der Waals surface area contributed by atoms with E-state index in [0.29, 0.717) is 12.6 Å². The molecule has 2 saturated carbocycles. The minimum absolute atomic E-state index is 0.123. The van der Waals surface area contributed by atoms with Gasteiger partial charge < -0.3 is 16.0 Å². The summed E-state index contributed by atoms with van der Waals surface area (Å²) in [5, 5.41) is 3.21. The average Bonchev–Trinajstić information content (AvgIpc) is 3.01. The zero-order valence-corrected chi connectivity index (χ0v) is 15.6. The molecule has 4 unspecified atom stereocenters. The second-order valence-corrected chi connectivity index (χ2v) is 8.41. The fourth-order valence-electron chi connectivity index (χ4n) is 4.67. The largest absolute Gasteiger partial charge is 0.352 e. The second kappa shape index (κ2) is 8.49. The van der Waals surface area contributed by atoms with Gasteiger partial charge >= 0.3 is 0 Å². The molecule has 0 aromatic rings. The number of piperazine rings is 1. The van der Waals surface area contributed by atoms with Gasteiger partial charge in [-0.25, -0.2) is 0 Å². The van der Waals surface area contributed by atoms with Crippen molar-refractivity contribution in [2.75, 3.05) is 32.7 Å². The van der Waals surface area contributed by atoms with Crippen LogP contribution in [0, 0.1) is 11.8 Å². The lowest BCUT2D eigenvalue weighted by Crippen LogP contribution is -2.53. The first-order chi connectivity index (χ1) is 12.0. The maximum Gasteiger partial charge on any atom is 0.234 e. The van der Waals surface area contributed by atoms with Crippen LogP contribution in [-0.2, 0) is 9.59 Å². The van der Waals surface area contributed by atoms with E-state index in [0.717, 1.165) is 64.2 Å². The van der Waals surface area contributed by atoms with Gasteiger partial charge in [-0.3, -0.25) is 14.5 Å². The fourth-order valence-corrected chi connectivity index (χ4v) is 4.67. The lowest BCUT2D eigenvalue weighted by atomic mass is 9.87. The predicted molar refractivity (Wildman–Crippen MR) is 97.9 cm³/mol. The number of nitrogens with two attached hydrogens (primary N) is 1. The van der Waals surface area contributed by atoms with E-state index >= 15 is 0 Å². The van der Waals surface area contributed by atoms with Crippen molar-refractivity contribution in [1.82, 2.24) is 15.1 Å². The maximum absolute atomic E-state index is 12.5. The highest BCUT2D eigenvalue weighted by atomic mass is 16.2. The van der Waals surface area contributed by atoms with Crippen molar-refractivity contribution in [2.24, 2.45) is 17.6 Å². The molecule has 2 amide bonds. The van der Waals surface area contributed by atoms with Crippen molar-refractivity contribution in [1.29, 1.82) is 0 Å². The van der Waals surface area contributed by atoms with E-state index in [-0.39, 0.29) is 23.8 Å². The Morgan fingerprint density at radius 1 is 1.04 bits per heavy atom. The predicted octanol–water partition coefficient (Wildman–Crippen LogP) is 0.953. The molecule has 1 heterocycles. The molecule has 0 bridgehead atoms. The number of carbonyl (C=O) groups excluding carboxylic acids is 2. The summed E-state index contributed by atoms with van der Waals surface area (Å²) >= 11 is 0. The number of nitrogens with one attached hydrogen (secondary N) is 1. The molecular weight excluding hydrogens is 316 g/mol. The van der Waals surface area contributed by atoms with Crippen LogP contribution >= 0.6 is 0 Å². The molecule has 0 aromatic heterocycles. The van der Waals surface area contributed by atoms with Gasteiger partial charge in [0.15, 0.2) is 0 Å². The number of carbonyl (C=O) groups is 2. The van der Waals surface area contributed by atoms with Crippen LogP contribution < -0.4 is 11.1 Å². The zero-order chi connectivity index (χ0) is 17.8. The Bertz CT molecular complexity index is 476. The van der Waals surface area contributed by atoms with Gasteiger partial charge in [0.1, 0.15) is 0 Å². The lowest BCUT2D eigenvalue weighted by Gasteiger charge is -2.36. The third-order valence-electron chi connectivity index (χ3n) is 6.18. The van der Waals surface area contributed by atoms with Crippen molar-refractivity contribution in [3.63, 3.8) is 0 Å². The van der Waals surface area contributed by atoms with Crippen molar-refractivity contribution >= 4 is 11.8 Å². The smallest absolute Gasteiger partial charge is 0.234 e. The van der Waals surface area contributed by atoms with Crippen LogP contribution in [0.15, 0.2) is 0 Å². The van der Waals surface area contributed by atoms with Crippen LogP contribution in [0.3, 0.4) is 0 Å². The topological polar surface area (TPSA) is 78.7 Å². The quantitative estimate of drug-likeness (QED) is 0.791. The summed E-state index contributed by atoms with van der Waals surface area (Å²) in [5.74, 6) is 1.25. The van der Waals surface area contributed by atoms with Gasteiger partial charge in [-0.2, -0.15) is 0 Å². The molecule has 0 aromatic carbocycles. The molecule has 0 radical (unpaired) electrons. The molecule has 6 heteroatoms. The number of hydrogen-bond donors (Lipinski definition) is 2. The second-order valence-electron chi connectivity index (χ2n) is 8.41. The molecule has 1 aliphatic heterocycles. The van der Waals surface area contributed by atoms with E-state index in [1.54, 1.807) is 0 Å². The van der Waals surface area contributed by atoms with Gasteiger partial charge in [0.25, 0.3) is 0 Å². The zero-order valence-electron chi connectivity index (χ0n) is 15.6. The van der Waals surface area contributed by atoms with Crippen molar-refractivity contribution in [3.8, 4) is 0 Å². The highest BCUT2D eigenvalue weighted by Gasteiger charge is 2.32. The van der Waals surface area contributed by atoms with E-state index in [2.05, 4.69) is 17.1 Å². The van der Waals surface area contributed by atoms with E-state index < -0.39 is 0 Å². The lowest BCUT2D eigenvalue weighted by molar-refractivity contribution is -0.137. The molecule has 142 valence electrons. The summed E-state index contributed by atoms with van der Waals surface area (Å²) in [6.07, 6.45) is 7.46. The van der Waals surface area contributed by atoms with Crippen LogP contribution in [0.25, 0.3) is 0 Å². The van der Waals surface area contributed by atoms with E-state index in [1.807, 2.05) is 4.90 Å². The third kappa shape index (κ3) is 5.17. The monoisotopic (exact) mass is 350 g/mol. The number of rotatable bonds is 4. The van der Waals surface area contributed by atoms with Gasteiger partial charge in [-0.15, -0.1) is 0 Å². The Morgan fingerprint density at radius 3 is 2.44 bits per heavy atom. The fraction of sp³-hybridized carbons (Fsp3) is 0.895. The van der Waals surface area contributed by atoms with E-state index in [4.69, 9.17) is 5.73 Å². The SMILES string of the molecule is CC1CCCC(NC(=O)CN2CCN(C(=O)C3CCC(N)C3)CC2)C1. The Labute approximate surface area is 151 Å².